The monoisotopic (exact) mass is 381 g/mol. The number of halogens is 1. The molecule has 3 aromatic rings. The van der Waals surface area contributed by atoms with E-state index in [0.29, 0.717) is 34.6 Å². The van der Waals surface area contributed by atoms with E-state index in [-0.39, 0.29) is 11.4 Å². The molecule has 0 radical (unpaired) electrons. The van der Waals surface area contributed by atoms with Gasteiger partial charge in [-0.2, -0.15) is 5.10 Å². The fourth-order valence-electron chi connectivity index (χ4n) is 2.81. The summed E-state index contributed by atoms with van der Waals surface area (Å²) in [4.78, 5) is 29.0. The van der Waals surface area contributed by atoms with Crippen LogP contribution in [0.4, 0.5) is 4.39 Å². The van der Waals surface area contributed by atoms with E-state index in [4.69, 9.17) is 0 Å². The van der Waals surface area contributed by atoms with Crippen LogP contribution in [0.1, 0.15) is 41.9 Å². The summed E-state index contributed by atoms with van der Waals surface area (Å²) in [6.45, 7) is 3.65. The van der Waals surface area contributed by atoms with Crippen LogP contribution in [0.15, 0.2) is 58.7 Å². The van der Waals surface area contributed by atoms with Gasteiger partial charge < -0.3 is 0 Å². The topological polar surface area (TPSA) is 92.1 Å². The minimum Gasteiger partial charge on any atom is -0.294 e. The van der Waals surface area contributed by atoms with E-state index in [9.17, 15) is 14.0 Å². The van der Waals surface area contributed by atoms with Crippen LogP contribution in [0, 0.1) is 5.82 Å². The quantitative estimate of drug-likeness (QED) is 0.508. The molecular weight excluding hydrogens is 361 g/mol. The predicted octanol–water partition coefficient (Wildman–Crippen LogP) is 2.81. The van der Waals surface area contributed by atoms with Crippen LogP contribution in [0.25, 0.3) is 5.69 Å². The lowest BCUT2D eigenvalue weighted by molar-refractivity contribution is 0.0954. The van der Waals surface area contributed by atoms with E-state index >= 15 is 0 Å². The van der Waals surface area contributed by atoms with Gasteiger partial charge in [-0.15, -0.1) is 0 Å². The lowest BCUT2D eigenvalue weighted by Gasteiger charge is -2.02. The van der Waals surface area contributed by atoms with E-state index < -0.39 is 5.91 Å². The first kappa shape index (κ1) is 19.2. The van der Waals surface area contributed by atoms with Crippen molar-refractivity contribution in [2.24, 2.45) is 5.10 Å². The van der Waals surface area contributed by atoms with Crippen LogP contribution in [-0.4, -0.2) is 26.4 Å². The number of hydrogen-bond acceptors (Lipinski definition) is 4. The second kappa shape index (κ2) is 8.43. The standard InChI is InChI=1S/C20H20FN5O2/c1-3-5-17-18(13(2)23-24-19(27)14-6-4-11-22-12-14)20(28)26(25-17)16-9-7-15(21)8-10-16/h4,6-12,25H,3,5H2,1-2H3,(H,24,27). The van der Waals surface area contributed by atoms with E-state index in [1.807, 2.05) is 6.92 Å². The number of carbonyl (C=O) groups is 1. The van der Waals surface area contributed by atoms with Gasteiger partial charge in [0.05, 0.1) is 22.5 Å². The molecule has 7 nitrogen and oxygen atoms in total. The summed E-state index contributed by atoms with van der Waals surface area (Å²) in [6, 6.07) is 8.88. The third-order valence-corrected chi connectivity index (χ3v) is 4.16. The molecule has 144 valence electrons. The normalized spacial score (nSPS) is 11.5. The van der Waals surface area contributed by atoms with Gasteiger partial charge in [-0.05, 0) is 49.7 Å². The fourth-order valence-corrected chi connectivity index (χ4v) is 2.81. The van der Waals surface area contributed by atoms with Crippen molar-refractivity contribution in [3.05, 3.63) is 81.8 Å². The second-order valence-corrected chi connectivity index (χ2v) is 6.21. The number of aryl methyl sites for hydroxylation is 1. The number of hydrazone groups is 1. The number of aromatic nitrogens is 3. The minimum absolute atomic E-state index is 0.313. The van der Waals surface area contributed by atoms with Gasteiger partial charge in [0.2, 0.25) is 0 Å². The Hall–Kier alpha value is -3.55. The summed E-state index contributed by atoms with van der Waals surface area (Å²) < 4.78 is 14.5. The molecule has 0 bridgehead atoms. The largest absolute Gasteiger partial charge is 0.294 e. The number of pyridine rings is 1. The van der Waals surface area contributed by atoms with E-state index in [1.165, 1.54) is 35.1 Å². The van der Waals surface area contributed by atoms with Crippen molar-refractivity contribution in [3.63, 3.8) is 0 Å². The Balaban J connectivity index is 1.94. The summed E-state index contributed by atoms with van der Waals surface area (Å²) in [7, 11) is 0. The van der Waals surface area contributed by atoms with Crippen molar-refractivity contribution in [2.45, 2.75) is 26.7 Å². The number of benzene rings is 1. The zero-order chi connectivity index (χ0) is 20.1. The first-order valence-electron chi connectivity index (χ1n) is 8.86. The molecule has 0 spiro atoms. The molecule has 8 heteroatoms. The lowest BCUT2D eigenvalue weighted by atomic mass is 10.1. The molecular formula is C20H20FN5O2. The predicted molar refractivity (Wildman–Crippen MR) is 104 cm³/mol. The van der Waals surface area contributed by atoms with Crippen molar-refractivity contribution in [1.29, 1.82) is 0 Å². The van der Waals surface area contributed by atoms with Crippen molar-refractivity contribution in [3.8, 4) is 5.69 Å². The van der Waals surface area contributed by atoms with Gasteiger partial charge in [0.15, 0.2) is 0 Å². The highest BCUT2D eigenvalue weighted by molar-refractivity contribution is 6.01. The Morgan fingerprint density at radius 1 is 1.29 bits per heavy atom. The molecule has 1 aromatic carbocycles. The molecule has 0 unspecified atom stereocenters. The number of nitrogens with zero attached hydrogens (tertiary/aromatic N) is 3. The molecule has 0 aliphatic rings. The first-order valence-corrected chi connectivity index (χ1v) is 8.86. The number of rotatable bonds is 6. The van der Waals surface area contributed by atoms with Crippen molar-refractivity contribution in [2.75, 3.05) is 0 Å². The molecule has 0 saturated heterocycles. The van der Waals surface area contributed by atoms with Crippen LogP contribution in [0.2, 0.25) is 0 Å². The lowest BCUT2D eigenvalue weighted by Crippen LogP contribution is -2.23. The smallest absolute Gasteiger partial charge is 0.280 e. The zero-order valence-corrected chi connectivity index (χ0v) is 15.6. The molecule has 0 saturated carbocycles. The van der Waals surface area contributed by atoms with Crippen molar-refractivity contribution >= 4 is 11.6 Å². The fraction of sp³-hybridized carbons (Fsp3) is 0.200. The van der Waals surface area contributed by atoms with Gasteiger partial charge in [0.1, 0.15) is 5.82 Å². The maximum Gasteiger partial charge on any atom is 0.280 e. The number of hydrogen-bond donors (Lipinski definition) is 2. The minimum atomic E-state index is -0.418. The van der Waals surface area contributed by atoms with Crippen LogP contribution in [0.3, 0.4) is 0 Å². The highest BCUT2D eigenvalue weighted by atomic mass is 19.1. The van der Waals surface area contributed by atoms with E-state index in [1.54, 1.807) is 25.3 Å². The maximum atomic E-state index is 13.2. The van der Waals surface area contributed by atoms with E-state index in [0.717, 1.165) is 6.42 Å². The summed E-state index contributed by atoms with van der Waals surface area (Å²) in [5.41, 5.74) is 4.48. The Labute approximate surface area is 160 Å². The molecule has 2 aromatic heterocycles. The summed E-state index contributed by atoms with van der Waals surface area (Å²) >= 11 is 0. The van der Waals surface area contributed by atoms with Gasteiger partial charge >= 0.3 is 0 Å². The Morgan fingerprint density at radius 2 is 2.04 bits per heavy atom. The number of aromatic amines is 1. The van der Waals surface area contributed by atoms with Gasteiger partial charge in [-0.3, -0.25) is 19.7 Å². The zero-order valence-electron chi connectivity index (χ0n) is 15.6. The highest BCUT2D eigenvalue weighted by Gasteiger charge is 2.18. The summed E-state index contributed by atoms with van der Waals surface area (Å²) in [5.74, 6) is -0.799. The third kappa shape index (κ3) is 4.06. The van der Waals surface area contributed by atoms with Gasteiger partial charge in [0.25, 0.3) is 11.5 Å². The SMILES string of the molecule is CCCc1[nH]n(-c2ccc(F)cc2)c(=O)c1C(C)=NNC(=O)c1cccnc1. The number of amides is 1. The van der Waals surface area contributed by atoms with Crippen LogP contribution in [-0.2, 0) is 6.42 Å². The van der Waals surface area contributed by atoms with Crippen LogP contribution >= 0.6 is 0 Å². The molecule has 0 fully saturated rings. The van der Waals surface area contributed by atoms with E-state index in [2.05, 4.69) is 20.6 Å². The average Bonchev–Trinajstić information content (AvgIpc) is 3.03. The molecule has 0 atom stereocenters. The number of nitrogens with one attached hydrogen (secondary N) is 2. The molecule has 0 aliphatic heterocycles. The maximum absolute atomic E-state index is 13.2. The third-order valence-electron chi connectivity index (χ3n) is 4.16. The van der Waals surface area contributed by atoms with Crippen LogP contribution < -0.4 is 11.0 Å². The summed E-state index contributed by atoms with van der Waals surface area (Å²) in [5, 5.41) is 7.16. The van der Waals surface area contributed by atoms with Crippen LogP contribution in [0.5, 0.6) is 0 Å². The molecule has 1 amide bonds. The van der Waals surface area contributed by atoms with Crippen molar-refractivity contribution in [1.82, 2.24) is 20.2 Å². The highest BCUT2D eigenvalue weighted by Crippen LogP contribution is 2.11. The Kier molecular flexibility index (Phi) is 5.78. The summed E-state index contributed by atoms with van der Waals surface area (Å²) in [6.07, 6.45) is 4.44. The van der Waals surface area contributed by atoms with Gasteiger partial charge in [-0.1, -0.05) is 13.3 Å². The molecule has 3 rings (SSSR count). The second-order valence-electron chi connectivity index (χ2n) is 6.21. The molecule has 0 aliphatic carbocycles. The Bertz CT molecular complexity index is 1050. The molecule has 28 heavy (non-hydrogen) atoms. The average molecular weight is 381 g/mol. The number of H-pyrrole nitrogens is 1. The number of carbonyl (C=O) groups excluding carboxylic acids is 1. The molecule has 2 N–H and O–H groups in total. The van der Waals surface area contributed by atoms with Gasteiger partial charge in [0, 0.05) is 18.1 Å². The van der Waals surface area contributed by atoms with Gasteiger partial charge in [-0.25, -0.2) is 14.5 Å². The van der Waals surface area contributed by atoms with Crippen molar-refractivity contribution < 1.29 is 9.18 Å². The first-order chi connectivity index (χ1) is 13.5. The molecule has 2 heterocycles. The Morgan fingerprint density at radius 3 is 2.68 bits per heavy atom.